The van der Waals surface area contributed by atoms with Crippen LogP contribution in [0.2, 0.25) is 0 Å². The molecule has 5 heteroatoms. The van der Waals surface area contributed by atoms with Gasteiger partial charge in [-0.05, 0) is 54.9 Å². The summed E-state index contributed by atoms with van der Waals surface area (Å²) in [6, 6.07) is 15.4. The minimum atomic E-state index is -3.48. The van der Waals surface area contributed by atoms with Crippen LogP contribution in [0.1, 0.15) is 40.0 Å². The number of anilines is 1. The van der Waals surface area contributed by atoms with Crippen molar-refractivity contribution in [2.24, 2.45) is 17.8 Å². The molecule has 1 fully saturated rings. The van der Waals surface area contributed by atoms with Crippen molar-refractivity contribution in [2.45, 2.75) is 46.1 Å². The minimum Gasteiger partial charge on any atom is -0.309 e. The largest absolute Gasteiger partial charge is 0.324 e. The van der Waals surface area contributed by atoms with Gasteiger partial charge >= 0.3 is 7.52 Å². The summed E-state index contributed by atoms with van der Waals surface area (Å²) in [5.74, 6) is 0.887. The van der Waals surface area contributed by atoms with Gasteiger partial charge in [0.05, 0.1) is 17.1 Å². The molecule has 146 valence electrons. The average molecular weight is 389 g/mol. The fourth-order valence-corrected chi connectivity index (χ4v) is 5.90. The van der Waals surface area contributed by atoms with Crippen LogP contribution in [0.5, 0.6) is 0 Å². The van der Waals surface area contributed by atoms with E-state index in [0.29, 0.717) is 23.1 Å². The lowest BCUT2D eigenvalue weighted by Gasteiger charge is -2.39. The van der Waals surface area contributed by atoms with Crippen LogP contribution in [0.15, 0.2) is 54.6 Å². The maximum absolute atomic E-state index is 14.2. The minimum absolute atomic E-state index is 0.112. The third-order valence-corrected chi connectivity index (χ3v) is 7.56. The standard InChI is InChI=1S/C22H29FNO2P/c1-16(2)19-14-13-17(3)15-22(19)26-27(25,18-9-5-4-6-10-18)24-21-12-8-7-11-20(21)23/h4-12,16-17,19,22H,13-15H2,1-3H3,(H,24,25)/t17-,19+,22+,27-/m0/s1. The molecule has 1 N–H and O–H groups in total. The van der Waals surface area contributed by atoms with Gasteiger partial charge in [0.2, 0.25) is 0 Å². The lowest BCUT2D eigenvalue weighted by molar-refractivity contribution is 0.0505. The Hall–Kier alpha value is -1.64. The van der Waals surface area contributed by atoms with Crippen molar-refractivity contribution in [1.29, 1.82) is 0 Å². The maximum atomic E-state index is 14.2. The topological polar surface area (TPSA) is 38.3 Å². The maximum Gasteiger partial charge on any atom is 0.324 e. The van der Waals surface area contributed by atoms with E-state index in [9.17, 15) is 8.96 Å². The Labute approximate surface area is 161 Å². The van der Waals surface area contributed by atoms with Crippen LogP contribution in [-0.4, -0.2) is 6.10 Å². The second-order valence-corrected chi connectivity index (χ2v) is 10.0. The molecule has 27 heavy (non-hydrogen) atoms. The molecule has 0 amide bonds. The van der Waals surface area contributed by atoms with E-state index in [1.807, 2.05) is 18.2 Å². The molecule has 0 heterocycles. The van der Waals surface area contributed by atoms with Crippen LogP contribution in [0.3, 0.4) is 0 Å². The van der Waals surface area contributed by atoms with E-state index in [2.05, 4.69) is 25.9 Å². The first-order valence-corrected chi connectivity index (χ1v) is 11.4. The number of para-hydroxylation sites is 1. The Morgan fingerprint density at radius 2 is 1.74 bits per heavy atom. The highest BCUT2D eigenvalue weighted by molar-refractivity contribution is 7.68. The second-order valence-electron chi connectivity index (χ2n) is 7.95. The fraction of sp³-hybridized carbons (Fsp3) is 0.455. The van der Waals surface area contributed by atoms with Crippen LogP contribution >= 0.6 is 7.52 Å². The molecule has 3 rings (SSSR count). The zero-order valence-electron chi connectivity index (χ0n) is 16.3. The van der Waals surface area contributed by atoms with E-state index in [1.165, 1.54) is 12.5 Å². The zero-order chi connectivity index (χ0) is 19.4. The van der Waals surface area contributed by atoms with Crippen molar-refractivity contribution in [3.63, 3.8) is 0 Å². The molecule has 0 saturated heterocycles. The molecule has 1 aliphatic rings. The van der Waals surface area contributed by atoms with Crippen LogP contribution in [0, 0.1) is 23.6 Å². The number of nitrogens with one attached hydrogen (secondary N) is 1. The summed E-state index contributed by atoms with van der Waals surface area (Å²) in [4.78, 5) is 0. The van der Waals surface area contributed by atoms with Crippen molar-refractivity contribution in [3.05, 3.63) is 60.4 Å². The molecule has 3 nitrogen and oxygen atoms in total. The highest BCUT2D eigenvalue weighted by Gasteiger charge is 2.38. The Morgan fingerprint density at radius 3 is 2.41 bits per heavy atom. The smallest absolute Gasteiger partial charge is 0.309 e. The lowest BCUT2D eigenvalue weighted by atomic mass is 9.75. The molecule has 1 saturated carbocycles. The molecule has 0 bridgehead atoms. The Kier molecular flexibility index (Phi) is 6.39. The third kappa shape index (κ3) is 4.80. The van der Waals surface area contributed by atoms with E-state index in [0.717, 1.165) is 12.8 Å². The Balaban J connectivity index is 1.95. The molecule has 0 aromatic heterocycles. The van der Waals surface area contributed by atoms with Gasteiger partial charge < -0.3 is 9.61 Å². The van der Waals surface area contributed by atoms with Gasteiger partial charge in [0.15, 0.2) is 0 Å². The summed E-state index contributed by atoms with van der Waals surface area (Å²) in [7, 11) is -3.48. The SMILES string of the molecule is CC(C)[C@H]1CC[C@H](C)C[C@H]1O[P@](=O)(Nc1ccccc1F)c1ccccc1. The van der Waals surface area contributed by atoms with Crippen molar-refractivity contribution in [2.75, 3.05) is 5.09 Å². The number of hydrogen-bond donors (Lipinski definition) is 1. The van der Waals surface area contributed by atoms with Gasteiger partial charge in [-0.1, -0.05) is 57.5 Å². The molecule has 1 aliphatic carbocycles. The first-order valence-electron chi connectivity index (χ1n) is 9.76. The van der Waals surface area contributed by atoms with Gasteiger partial charge in [0.25, 0.3) is 0 Å². The summed E-state index contributed by atoms with van der Waals surface area (Å²) in [6.45, 7) is 6.59. The van der Waals surface area contributed by atoms with Gasteiger partial charge in [-0.15, -0.1) is 0 Å². The Morgan fingerprint density at radius 1 is 1.07 bits per heavy atom. The number of hydrogen-bond acceptors (Lipinski definition) is 2. The quantitative estimate of drug-likeness (QED) is 0.595. The van der Waals surface area contributed by atoms with E-state index in [4.69, 9.17) is 4.52 Å². The van der Waals surface area contributed by atoms with Gasteiger partial charge in [-0.2, -0.15) is 0 Å². The van der Waals surface area contributed by atoms with Crippen molar-refractivity contribution < 1.29 is 13.5 Å². The Bertz CT molecular complexity index is 796. The number of rotatable bonds is 6. The van der Waals surface area contributed by atoms with E-state index < -0.39 is 13.3 Å². The van der Waals surface area contributed by atoms with E-state index in [1.54, 1.807) is 30.3 Å². The van der Waals surface area contributed by atoms with E-state index >= 15 is 0 Å². The van der Waals surface area contributed by atoms with Crippen molar-refractivity contribution >= 4 is 18.5 Å². The summed E-state index contributed by atoms with van der Waals surface area (Å²) >= 11 is 0. The van der Waals surface area contributed by atoms with Crippen molar-refractivity contribution in [1.82, 2.24) is 0 Å². The highest BCUT2D eigenvalue weighted by Crippen LogP contribution is 2.51. The second kappa shape index (κ2) is 8.58. The van der Waals surface area contributed by atoms with Gasteiger partial charge in [-0.3, -0.25) is 4.57 Å². The molecule has 0 aliphatic heterocycles. The van der Waals surface area contributed by atoms with Crippen LogP contribution in [-0.2, 0) is 9.09 Å². The van der Waals surface area contributed by atoms with Gasteiger partial charge in [0, 0.05) is 0 Å². The summed E-state index contributed by atoms with van der Waals surface area (Å²) in [5, 5.41) is 3.48. The summed E-state index contributed by atoms with van der Waals surface area (Å²) < 4.78 is 34.6. The molecule has 0 unspecified atom stereocenters. The normalized spacial score (nSPS) is 25.1. The van der Waals surface area contributed by atoms with Crippen LogP contribution in [0.25, 0.3) is 0 Å². The predicted molar refractivity (Wildman–Crippen MR) is 110 cm³/mol. The molecule has 2 aromatic rings. The third-order valence-electron chi connectivity index (χ3n) is 5.48. The molecule has 4 atom stereocenters. The predicted octanol–water partition coefficient (Wildman–Crippen LogP) is 6.23. The highest BCUT2D eigenvalue weighted by atomic mass is 31.2. The molecule has 2 aromatic carbocycles. The number of halogens is 1. The summed E-state index contributed by atoms with van der Waals surface area (Å²) in [5.41, 5.74) is 0.203. The average Bonchev–Trinajstić information content (AvgIpc) is 2.64. The monoisotopic (exact) mass is 389 g/mol. The lowest BCUT2D eigenvalue weighted by Crippen LogP contribution is -2.35. The molecular formula is C22H29FNO2P. The first-order chi connectivity index (χ1) is 12.9. The first kappa shape index (κ1) is 20.1. The van der Waals surface area contributed by atoms with Crippen LogP contribution in [0.4, 0.5) is 10.1 Å². The molecular weight excluding hydrogens is 360 g/mol. The number of benzene rings is 2. The van der Waals surface area contributed by atoms with Gasteiger partial charge in [-0.25, -0.2) is 4.39 Å². The van der Waals surface area contributed by atoms with Crippen molar-refractivity contribution in [3.8, 4) is 0 Å². The molecule has 0 spiro atoms. The van der Waals surface area contributed by atoms with Gasteiger partial charge in [0.1, 0.15) is 5.82 Å². The van der Waals surface area contributed by atoms with E-state index in [-0.39, 0.29) is 11.8 Å². The zero-order valence-corrected chi connectivity index (χ0v) is 17.2. The molecule has 0 radical (unpaired) electrons. The summed E-state index contributed by atoms with van der Waals surface area (Å²) in [6.07, 6.45) is 2.99. The fourth-order valence-electron chi connectivity index (χ4n) is 3.91. The van der Waals surface area contributed by atoms with Crippen LogP contribution < -0.4 is 10.4 Å².